The fraction of sp³-hybridized carbons (Fsp3) is 0.931. The van der Waals surface area contributed by atoms with E-state index in [1.165, 1.54) is 64.2 Å². The molecule has 1 fully saturated rings. The largest absolute Gasteiger partial charge is 0.462 e. The fourth-order valence-corrected chi connectivity index (χ4v) is 4.52. The molecule has 0 bridgehead atoms. The van der Waals surface area contributed by atoms with Crippen molar-refractivity contribution in [3.8, 4) is 0 Å². The third kappa shape index (κ3) is 15.9. The van der Waals surface area contributed by atoms with Gasteiger partial charge in [-0.1, -0.05) is 97.3 Å². The Bertz CT molecular complexity index is 629. The lowest BCUT2D eigenvalue weighted by Crippen LogP contribution is -2.59. The summed E-state index contributed by atoms with van der Waals surface area (Å²) >= 11 is 0. The molecule has 4 N–H and O–H groups in total. The number of unbranched alkanes of at least 4 members (excludes halogenated alkanes) is 13. The van der Waals surface area contributed by atoms with Crippen molar-refractivity contribution in [1.82, 2.24) is 0 Å². The van der Waals surface area contributed by atoms with Gasteiger partial charge in [0.15, 0.2) is 12.4 Å². The van der Waals surface area contributed by atoms with Gasteiger partial charge in [0.1, 0.15) is 31.0 Å². The van der Waals surface area contributed by atoms with Gasteiger partial charge in [0, 0.05) is 12.8 Å². The summed E-state index contributed by atoms with van der Waals surface area (Å²) in [6.07, 6.45) is 9.38. The smallest absolute Gasteiger partial charge is 0.306 e. The first-order valence-electron chi connectivity index (χ1n) is 15.1. The van der Waals surface area contributed by atoms with E-state index in [9.17, 15) is 30.0 Å². The molecule has 0 spiro atoms. The predicted molar refractivity (Wildman–Crippen MR) is 146 cm³/mol. The molecule has 0 saturated carbocycles. The van der Waals surface area contributed by atoms with Gasteiger partial charge in [0.2, 0.25) is 0 Å². The standard InChI is InChI=1S/C29H54O10/c1-3-5-6-7-8-9-10-11-12-13-14-15-16-17-18-25(32)38-22(20-36-24(31)4-2)21-37-29-28(35)27(34)26(33)23(19-30)39-29/h22-23,26-30,33-35H,3-21H2,1-2H3. The SMILES string of the molecule is CCCCCCCCCCCCCCCCC(=O)OC(COC(=O)CC)COC1OC(CO)C(O)C(O)C1O. The third-order valence-corrected chi connectivity index (χ3v) is 7.05. The highest BCUT2D eigenvalue weighted by atomic mass is 16.7. The second-order valence-electron chi connectivity index (χ2n) is 10.5. The first-order valence-corrected chi connectivity index (χ1v) is 15.1. The van der Waals surface area contributed by atoms with Gasteiger partial charge in [-0.15, -0.1) is 0 Å². The number of aliphatic hydroxyl groups excluding tert-OH is 4. The summed E-state index contributed by atoms with van der Waals surface area (Å²) in [5.41, 5.74) is 0. The number of aliphatic hydroxyl groups is 4. The second-order valence-corrected chi connectivity index (χ2v) is 10.5. The number of carbonyl (C=O) groups is 2. The van der Waals surface area contributed by atoms with Gasteiger partial charge < -0.3 is 39.4 Å². The van der Waals surface area contributed by atoms with Crippen LogP contribution in [-0.2, 0) is 28.5 Å². The highest BCUT2D eigenvalue weighted by Crippen LogP contribution is 2.22. The number of ether oxygens (including phenoxy) is 4. The van der Waals surface area contributed by atoms with Crippen molar-refractivity contribution in [3.05, 3.63) is 0 Å². The van der Waals surface area contributed by atoms with Crippen LogP contribution in [0.5, 0.6) is 0 Å². The van der Waals surface area contributed by atoms with E-state index in [2.05, 4.69) is 6.92 Å². The van der Waals surface area contributed by atoms with Crippen molar-refractivity contribution in [1.29, 1.82) is 0 Å². The molecule has 10 nitrogen and oxygen atoms in total. The molecule has 1 aliphatic heterocycles. The molecule has 6 atom stereocenters. The maximum atomic E-state index is 12.4. The van der Waals surface area contributed by atoms with Crippen molar-refractivity contribution >= 4 is 11.9 Å². The molecule has 1 heterocycles. The Morgan fingerprint density at radius 1 is 0.718 bits per heavy atom. The minimum absolute atomic E-state index is 0.160. The lowest BCUT2D eigenvalue weighted by atomic mass is 9.99. The van der Waals surface area contributed by atoms with Crippen LogP contribution >= 0.6 is 0 Å². The van der Waals surface area contributed by atoms with Gasteiger partial charge in [-0.25, -0.2) is 0 Å². The van der Waals surface area contributed by atoms with Gasteiger partial charge >= 0.3 is 11.9 Å². The number of hydrogen-bond donors (Lipinski definition) is 4. The van der Waals surface area contributed by atoms with E-state index in [0.717, 1.165) is 19.3 Å². The lowest BCUT2D eigenvalue weighted by molar-refractivity contribution is -0.305. The van der Waals surface area contributed by atoms with Crippen LogP contribution in [0, 0.1) is 0 Å². The summed E-state index contributed by atoms with van der Waals surface area (Å²) in [5.74, 6) is -0.903. The molecule has 0 amide bonds. The summed E-state index contributed by atoms with van der Waals surface area (Å²) in [7, 11) is 0. The van der Waals surface area contributed by atoms with Crippen LogP contribution < -0.4 is 0 Å². The van der Waals surface area contributed by atoms with Crippen LogP contribution in [0.15, 0.2) is 0 Å². The second kappa shape index (κ2) is 22.4. The summed E-state index contributed by atoms with van der Waals surface area (Å²) in [6, 6.07) is 0. The highest BCUT2D eigenvalue weighted by molar-refractivity contribution is 5.70. The van der Waals surface area contributed by atoms with Crippen molar-refractivity contribution < 1.29 is 49.0 Å². The molecule has 0 aromatic rings. The lowest BCUT2D eigenvalue weighted by Gasteiger charge is -2.39. The van der Waals surface area contributed by atoms with Crippen molar-refractivity contribution in [3.63, 3.8) is 0 Å². The molecule has 0 aliphatic carbocycles. The molecule has 10 heteroatoms. The highest BCUT2D eigenvalue weighted by Gasteiger charge is 2.44. The molecular formula is C29H54O10. The minimum atomic E-state index is -1.58. The molecule has 0 aromatic heterocycles. The number of esters is 2. The van der Waals surface area contributed by atoms with Crippen LogP contribution in [0.1, 0.15) is 117 Å². The maximum Gasteiger partial charge on any atom is 0.306 e. The van der Waals surface area contributed by atoms with Crippen LogP contribution in [0.25, 0.3) is 0 Å². The van der Waals surface area contributed by atoms with E-state index in [-0.39, 0.29) is 26.1 Å². The topological polar surface area (TPSA) is 152 Å². The number of hydrogen-bond acceptors (Lipinski definition) is 10. The Morgan fingerprint density at radius 3 is 1.77 bits per heavy atom. The molecule has 1 saturated heterocycles. The van der Waals surface area contributed by atoms with Crippen molar-refractivity contribution in [2.45, 2.75) is 153 Å². The average Bonchev–Trinajstić information content (AvgIpc) is 2.93. The Hall–Kier alpha value is -1.30. The van der Waals surface area contributed by atoms with Crippen LogP contribution in [0.2, 0.25) is 0 Å². The third-order valence-electron chi connectivity index (χ3n) is 7.05. The van der Waals surface area contributed by atoms with E-state index in [1.807, 2.05) is 0 Å². The predicted octanol–water partition coefficient (Wildman–Crippen LogP) is 3.54. The summed E-state index contributed by atoms with van der Waals surface area (Å²) in [4.78, 5) is 24.0. The van der Waals surface area contributed by atoms with Gasteiger partial charge in [-0.2, -0.15) is 0 Å². The van der Waals surface area contributed by atoms with Crippen molar-refractivity contribution in [2.24, 2.45) is 0 Å². The van der Waals surface area contributed by atoms with E-state index in [4.69, 9.17) is 18.9 Å². The normalized spacial score (nSPS) is 23.9. The zero-order valence-electron chi connectivity index (χ0n) is 24.1. The van der Waals surface area contributed by atoms with E-state index < -0.39 is 55.4 Å². The quantitative estimate of drug-likeness (QED) is 0.107. The average molecular weight is 563 g/mol. The fourth-order valence-electron chi connectivity index (χ4n) is 4.52. The Morgan fingerprint density at radius 2 is 1.26 bits per heavy atom. The van der Waals surface area contributed by atoms with Crippen LogP contribution in [0.4, 0.5) is 0 Å². The molecular weight excluding hydrogens is 508 g/mol. The monoisotopic (exact) mass is 562 g/mol. The summed E-state index contributed by atoms with van der Waals surface area (Å²) in [6.45, 7) is 2.80. The first-order chi connectivity index (χ1) is 18.8. The Labute approximate surface area is 234 Å². The molecule has 1 aliphatic rings. The molecule has 0 radical (unpaired) electrons. The van der Waals surface area contributed by atoms with Gasteiger partial charge in [0.25, 0.3) is 0 Å². The van der Waals surface area contributed by atoms with Crippen LogP contribution in [-0.4, -0.2) is 89.0 Å². The zero-order valence-corrected chi connectivity index (χ0v) is 24.1. The van der Waals surface area contributed by atoms with E-state index >= 15 is 0 Å². The summed E-state index contributed by atoms with van der Waals surface area (Å²) in [5, 5.41) is 39.3. The van der Waals surface area contributed by atoms with E-state index in [1.54, 1.807) is 6.92 Å². The van der Waals surface area contributed by atoms with Gasteiger partial charge in [0.05, 0.1) is 13.2 Å². The first kappa shape index (κ1) is 35.7. The minimum Gasteiger partial charge on any atom is -0.462 e. The van der Waals surface area contributed by atoms with E-state index in [0.29, 0.717) is 6.42 Å². The molecule has 39 heavy (non-hydrogen) atoms. The van der Waals surface area contributed by atoms with Crippen molar-refractivity contribution in [2.75, 3.05) is 19.8 Å². The number of carbonyl (C=O) groups excluding carboxylic acids is 2. The Balaban J connectivity index is 2.26. The molecule has 0 aromatic carbocycles. The molecule has 230 valence electrons. The van der Waals surface area contributed by atoms with Gasteiger partial charge in [-0.05, 0) is 6.42 Å². The summed E-state index contributed by atoms with van der Waals surface area (Å²) < 4.78 is 21.3. The van der Waals surface area contributed by atoms with Crippen LogP contribution in [0.3, 0.4) is 0 Å². The van der Waals surface area contributed by atoms with Gasteiger partial charge in [-0.3, -0.25) is 9.59 Å². The number of rotatable bonds is 23. The molecule has 6 unspecified atom stereocenters. The molecule has 1 rings (SSSR count). The zero-order chi connectivity index (χ0) is 28.9. The maximum absolute atomic E-state index is 12.4. The Kier molecular flexibility index (Phi) is 20.5.